The summed E-state index contributed by atoms with van der Waals surface area (Å²) in [5, 5.41) is 0. The number of nitrogens with zero attached hydrogens (tertiary/aromatic N) is 1. The van der Waals surface area contributed by atoms with Gasteiger partial charge < -0.3 is 4.90 Å². The Hall–Kier alpha value is -3.03. The summed E-state index contributed by atoms with van der Waals surface area (Å²) in [4.78, 5) is 15.1. The van der Waals surface area contributed by atoms with E-state index in [0.29, 0.717) is 12.1 Å². The van der Waals surface area contributed by atoms with Gasteiger partial charge in [0, 0.05) is 6.54 Å². The van der Waals surface area contributed by atoms with Crippen LogP contribution in [0.4, 0.5) is 4.39 Å². The summed E-state index contributed by atoms with van der Waals surface area (Å²) in [5.74, 6) is -0.693. The highest BCUT2D eigenvalue weighted by Gasteiger charge is 2.23. The van der Waals surface area contributed by atoms with E-state index in [-0.39, 0.29) is 29.0 Å². The second-order valence-electron chi connectivity index (χ2n) is 10.5. The second-order valence-corrected chi connectivity index (χ2v) is 12.2. The summed E-state index contributed by atoms with van der Waals surface area (Å²) < 4.78 is 42.4. The molecule has 3 rings (SSSR count). The van der Waals surface area contributed by atoms with Gasteiger partial charge in [0.05, 0.1) is 11.3 Å². The summed E-state index contributed by atoms with van der Waals surface area (Å²) in [6, 6.07) is 15.7. The number of carbonyl (C=O) groups is 1. The molecule has 0 spiro atoms. The Morgan fingerprint density at radius 2 is 1.46 bits per heavy atom. The standard InChI is InChI=1S/C30H37FN2O3S/c1-19(2)26-14-24(23-11-8-21(5)29(31)16-23)15-27(20(3)4)28(26)17-30(34)32-37(35,36)25-12-9-22(10-13-25)18-33(6)7/h8-16,19-20H,17-18H2,1-7H3,(H,32,34). The van der Waals surface area contributed by atoms with Gasteiger partial charge >= 0.3 is 0 Å². The van der Waals surface area contributed by atoms with Gasteiger partial charge in [0.25, 0.3) is 10.0 Å². The van der Waals surface area contributed by atoms with E-state index < -0.39 is 15.9 Å². The Morgan fingerprint density at radius 3 is 1.95 bits per heavy atom. The summed E-state index contributed by atoms with van der Waals surface area (Å²) >= 11 is 0. The Bertz CT molecular complexity index is 1350. The molecule has 0 heterocycles. The molecule has 0 atom stereocenters. The minimum absolute atomic E-state index is 0.0493. The van der Waals surface area contributed by atoms with Gasteiger partial charge in [-0.3, -0.25) is 4.79 Å². The molecule has 37 heavy (non-hydrogen) atoms. The third-order valence-electron chi connectivity index (χ3n) is 6.39. The summed E-state index contributed by atoms with van der Waals surface area (Å²) in [6.07, 6.45) is -0.0679. The lowest BCUT2D eigenvalue weighted by Crippen LogP contribution is -2.32. The molecule has 0 aliphatic rings. The van der Waals surface area contributed by atoms with Crippen LogP contribution in [0.1, 0.15) is 67.3 Å². The van der Waals surface area contributed by atoms with Crippen LogP contribution in [-0.2, 0) is 27.8 Å². The molecule has 3 aromatic carbocycles. The molecule has 0 aliphatic carbocycles. The van der Waals surface area contributed by atoms with E-state index in [9.17, 15) is 17.6 Å². The number of carbonyl (C=O) groups excluding carboxylic acids is 1. The zero-order valence-electron chi connectivity index (χ0n) is 22.7. The van der Waals surface area contributed by atoms with Crippen LogP contribution in [0.15, 0.2) is 59.5 Å². The van der Waals surface area contributed by atoms with E-state index in [0.717, 1.165) is 33.4 Å². The molecular weight excluding hydrogens is 487 g/mol. The van der Waals surface area contributed by atoms with Crippen LogP contribution >= 0.6 is 0 Å². The van der Waals surface area contributed by atoms with E-state index in [1.807, 2.05) is 64.9 Å². The first-order valence-corrected chi connectivity index (χ1v) is 14.0. The molecule has 0 unspecified atom stereocenters. The van der Waals surface area contributed by atoms with E-state index >= 15 is 0 Å². The van der Waals surface area contributed by atoms with Gasteiger partial charge in [0.15, 0.2) is 0 Å². The van der Waals surface area contributed by atoms with Gasteiger partial charge in [-0.05, 0) is 90.0 Å². The second kappa shape index (κ2) is 11.6. The van der Waals surface area contributed by atoms with Crippen LogP contribution < -0.4 is 4.72 Å². The van der Waals surface area contributed by atoms with Crippen LogP contribution in [0.25, 0.3) is 11.1 Å². The maximum absolute atomic E-state index is 14.3. The molecule has 0 radical (unpaired) electrons. The highest BCUT2D eigenvalue weighted by Crippen LogP contribution is 2.34. The number of hydrogen-bond donors (Lipinski definition) is 1. The average Bonchev–Trinajstić information content (AvgIpc) is 2.80. The smallest absolute Gasteiger partial charge is 0.264 e. The average molecular weight is 525 g/mol. The number of sulfonamides is 1. The molecule has 0 bridgehead atoms. The Morgan fingerprint density at radius 1 is 0.892 bits per heavy atom. The number of aryl methyl sites for hydroxylation is 1. The molecule has 0 aliphatic heterocycles. The largest absolute Gasteiger partial charge is 0.305 e. The Kier molecular flexibility index (Phi) is 8.92. The quantitative estimate of drug-likeness (QED) is 0.364. The molecule has 1 N–H and O–H groups in total. The van der Waals surface area contributed by atoms with Crippen molar-refractivity contribution in [3.63, 3.8) is 0 Å². The van der Waals surface area contributed by atoms with Crippen molar-refractivity contribution >= 4 is 15.9 Å². The van der Waals surface area contributed by atoms with Gasteiger partial charge in [-0.25, -0.2) is 17.5 Å². The SMILES string of the molecule is Cc1ccc(-c2cc(C(C)C)c(CC(=O)NS(=O)(=O)c3ccc(CN(C)C)cc3)c(C(C)C)c2)cc1F. The van der Waals surface area contributed by atoms with Crippen LogP contribution in [0, 0.1) is 12.7 Å². The lowest BCUT2D eigenvalue weighted by Gasteiger charge is -2.22. The predicted molar refractivity (Wildman–Crippen MR) is 148 cm³/mol. The van der Waals surface area contributed by atoms with Crippen LogP contribution in [0.2, 0.25) is 0 Å². The van der Waals surface area contributed by atoms with E-state index in [1.165, 1.54) is 18.2 Å². The third kappa shape index (κ3) is 7.05. The molecule has 7 heteroatoms. The van der Waals surface area contributed by atoms with Gasteiger partial charge in [0.1, 0.15) is 5.82 Å². The maximum atomic E-state index is 14.3. The monoisotopic (exact) mass is 524 g/mol. The molecule has 198 valence electrons. The molecule has 0 aromatic heterocycles. The summed E-state index contributed by atoms with van der Waals surface area (Å²) in [7, 11) is -0.130. The normalized spacial score (nSPS) is 12.0. The minimum Gasteiger partial charge on any atom is -0.305 e. The predicted octanol–water partition coefficient (Wildman–Crippen LogP) is 6.16. The van der Waals surface area contributed by atoms with Crippen molar-refractivity contribution < 1.29 is 17.6 Å². The van der Waals surface area contributed by atoms with Gasteiger partial charge in [-0.2, -0.15) is 0 Å². The Balaban J connectivity index is 1.93. The van der Waals surface area contributed by atoms with E-state index in [1.54, 1.807) is 25.1 Å². The lowest BCUT2D eigenvalue weighted by molar-refractivity contribution is -0.118. The van der Waals surface area contributed by atoms with Crippen LogP contribution in [0.5, 0.6) is 0 Å². The first-order valence-electron chi connectivity index (χ1n) is 12.5. The highest BCUT2D eigenvalue weighted by atomic mass is 32.2. The fourth-order valence-electron chi connectivity index (χ4n) is 4.44. The molecule has 0 fully saturated rings. The fourth-order valence-corrected chi connectivity index (χ4v) is 5.42. The molecule has 0 saturated heterocycles. The first-order chi connectivity index (χ1) is 17.3. The van der Waals surface area contributed by atoms with Gasteiger partial charge in [0.2, 0.25) is 5.91 Å². The Labute approximate surface area is 220 Å². The fraction of sp³-hybridized carbons (Fsp3) is 0.367. The van der Waals surface area contributed by atoms with Crippen molar-refractivity contribution in [1.82, 2.24) is 9.62 Å². The molecule has 3 aromatic rings. The van der Waals surface area contributed by atoms with Crippen molar-refractivity contribution in [3.8, 4) is 11.1 Å². The summed E-state index contributed by atoms with van der Waals surface area (Å²) in [6.45, 7) is 10.6. The minimum atomic E-state index is -4.01. The van der Waals surface area contributed by atoms with Crippen molar-refractivity contribution in [2.75, 3.05) is 14.1 Å². The number of benzene rings is 3. The van der Waals surface area contributed by atoms with E-state index in [2.05, 4.69) is 4.72 Å². The lowest BCUT2D eigenvalue weighted by atomic mass is 9.84. The van der Waals surface area contributed by atoms with Gasteiger partial charge in [-0.15, -0.1) is 0 Å². The molecule has 0 saturated carbocycles. The number of halogens is 1. The highest BCUT2D eigenvalue weighted by molar-refractivity contribution is 7.90. The third-order valence-corrected chi connectivity index (χ3v) is 7.78. The number of nitrogens with one attached hydrogen (secondary N) is 1. The van der Waals surface area contributed by atoms with Crippen LogP contribution in [0.3, 0.4) is 0 Å². The number of amides is 1. The van der Waals surface area contributed by atoms with Crippen molar-refractivity contribution in [1.29, 1.82) is 0 Å². The van der Waals surface area contributed by atoms with Crippen molar-refractivity contribution in [2.24, 2.45) is 0 Å². The zero-order chi connectivity index (χ0) is 27.5. The number of rotatable bonds is 9. The molecular formula is C30H37FN2O3S. The number of hydrogen-bond acceptors (Lipinski definition) is 4. The zero-order valence-corrected chi connectivity index (χ0v) is 23.5. The van der Waals surface area contributed by atoms with Gasteiger partial charge in [-0.1, -0.05) is 64.1 Å². The maximum Gasteiger partial charge on any atom is 0.264 e. The summed E-state index contributed by atoms with van der Waals surface area (Å²) in [5.41, 5.74) is 5.91. The first kappa shape index (κ1) is 28.5. The molecule has 5 nitrogen and oxygen atoms in total. The van der Waals surface area contributed by atoms with Crippen LogP contribution in [-0.4, -0.2) is 33.3 Å². The van der Waals surface area contributed by atoms with E-state index in [4.69, 9.17) is 0 Å². The molecule has 1 amide bonds. The van der Waals surface area contributed by atoms with Crippen molar-refractivity contribution in [2.45, 2.75) is 64.3 Å². The topological polar surface area (TPSA) is 66.5 Å². The van der Waals surface area contributed by atoms with Crippen molar-refractivity contribution in [3.05, 3.63) is 88.2 Å².